The van der Waals surface area contributed by atoms with Crippen LogP contribution in [0.4, 0.5) is 0 Å². The lowest BCUT2D eigenvalue weighted by Gasteiger charge is -2.05. The molecule has 0 saturated heterocycles. The highest BCUT2D eigenvalue weighted by Crippen LogP contribution is 2.03. The maximum atomic E-state index is 5.16. The summed E-state index contributed by atoms with van der Waals surface area (Å²) < 4.78 is 5.16. The Morgan fingerprint density at radius 1 is 1.43 bits per heavy atom. The number of aromatic amines is 1. The fourth-order valence-electron chi connectivity index (χ4n) is 1.25. The lowest BCUT2D eigenvalue weighted by Crippen LogP contribution is -2.06. The molecule has 14 heavy (non-hydrogen) atoms. The standard InChI is InChI=1S/C10H19N3O/c1-4-5-9-11-10(13-12-9)7-6-8(2)14-3/h8H,4-7H2,1-3H3,(H,11,12,13). The third kappa shape index (κ3) is 3.46. The number of hydrogen-bond acceptors (Lipinski definition) is 3. The molecule has 0 amide bonds. The Hall–Kier alpha value is -0.900. The van der Waals surface area contributed by atoms with Crippen LogP contribution in [0.3, 0.4) is 0 Å². The summed E-state index contributed by atoms with van der Waals surface area (Å²) >= 11 is 0. The van der Waals surface area contributed by atoms with Gasteiger partial charge in [-0.05, 0) is 19.8 Å². The highest BCUT2D eigenvalue weighted by Gasteiger charge is 2.05. The van der Waals surface area contributed by atoms with E-state index < -0.39 is 0 Å². The normalized spacial score (nSPS) is 13.1. The molecule has 1 atom stereocenters. The predicted molar refractivity (Wildman–Crippen MR) is 55.2 cm³/mol. The molecule has 4 nitrogen and oxygen atoms in total. The van der Waals surface area contributed by atoms with Crippen molar-refractivity contribution in [3.63, 3.8) is 0 Å². The van der Waals surface area contributed by atoms with Crippen LogP contribution in [-0.4, -0.2) is 28.4 Å². The lowest BCUT2D eigenvalue weighted by atomic mass is 10.2. The highest BCUT2D eigenvalue weighted by atomic mass is 16.5. The van der Waals surface area contributed by atoms with Gasteiger partial charge in [0.05, 0.1) is 6.10 Å². The third-order valence-electron chi connectivity index (χ3n) is 2.24. The molecule has 0 aliphatic rings. The first-order chi connectivity index (χ1) is 6.76. The minimum Gasteiger partial charge on any atom is -0.382 e. The van der Waals surface area contributed by atoms with Gasteiger partial charge < -0.3 is 4.74 Å². The Morgan fingerprint density at radius 3 is 2.86 bits per heavy atom. The highest BCUT2D eigenvalue weighted by molar-refractivity contribution is 4.90. The average molecular weight is 197 g/mol. The smallest absolute Gasteiger partial charge is 0.150 e. The Kier molecular flexibility index (Phi) is 4.59. The number of hydrogen-bond donors (Lipinski definition) is 1. The molecule has 1 rings (SSSR count). The molecule has 1 unspecified atom stereocenters. The Balaban J connectivity index is 2.35. The number of ether oxygens (including phenoxy) is 1. The van der Waals surface area contributed by atoms with Crippen LogP contribution in [0.15, 0.2) is 0 Å². The van der Waals surface area contributed by atoms with Gasteiger partial charge >= 0.3 is 0 Å². The van der Waals surface area contributed by atoms with Crippen molar-refractivity contribution >= 4 is 0 Å². The van der Waals surface area contributed by atoms with Gasteiger partial charge in [-0.15, -0.1) is 0 Å². The molecular weight excluding hydrogens is 178 g/mol. The van der Waals surface area contributed by atoms with E-state index in [0.717, 1.165) is 37.3 Å². The van der Waals surface area contributed by atoms with Crippen LogP contribution in [-0.2, 0) is 17.6 Å². The van der Waals surface area contributed by atoms with Crippen LogP contribution in [0.1, 0.15) is 38.3 Å². The zero-order valence-corrected chi connectivity index (χ0v) is 9.21. The molecule has 1 heterocycles. The van der Waals surface area contributed by atoms with E-state index in [1.54, 1.807) is 7.11 Å². The van der Waals surface area contributed by atoms with Crippen LogP contribution in [0.2, 0.25) is 0 Å². The van der Waals surface area contributed by atoms with E-state index in [2.05, 4.69) is 29.0 Å². The number of rotatable bonds is 6. The molecule has 0 fully saturated rings. The molecule has 0 aromatic carbocycles. The number of methoxy groups -OCH3 is 1. The summed E-state index contributed by atoms with van der Waals surface area (Å²) in [7, 11) is 1.73. The lowest BCUT2D eigenvalue weighted by molar-refractivity contribution is 0.111. The molecule has 80 valence electrons. The molecule has 0 radical (unpaired) electrons. The van der Waals surface area contributed by atoms with E-state index in [4.69, 9.17) is 4.74 Å². The quantitative estimate of drug-likeness (QED) is 0.755. The van der Waals surface area contributed by atoms with Crippen molar-refractivity contribution in [2.24, 2.45) is 0 Å². The van der Waals surface area contributed by atoms with Gasteiger partial charge in [-0.3, -0.25) is 5.10 Å². The summed E-state index contributed by atoms with van der Waals surface area (Å²) in [6, 6.07) is 0. The van der Waals surface area contributed by atoms with Crippen LogP contribution in [0.5, 0.6) is 0 Å². The van der Waals surface area contributed by atoms with E-state index in [1.807, 2.05) is 0 Å². The number of nitrogens with one attached hydrogen (secondary N) is 1. The SMILES string of the molecule is CCCc1nc(CCC(C)OC)n[nH]1. The third-order valence-corrected chi connectivity index (χ3v) is 2.24. The first kappa shape index (κ1) is 11.2. The Morgan fingerprint density at radius 2 is 2.21 bits per heavy atom. The number of nitrogens with zero attached hydrogens (tertiary/aromatic N) is 2. The zero-order chi connectivity index (χ0) is 10.4. The van der Waals surface area contributed by atoms with E-state index in [0.29, 0.717) is 0 Å². The van der Waals surface area contributed by atoms with Gasteiger partial charge in [0.2, 0.25) is 0 Å². The monoisotopic (exact) mass is 197 g/mol. The average Bonchev–Trinajstić information content (AvgIpc) is 2.63. The second-order valence-corrected chi connectivity index (χ2v) is 3.53. The van der Waals surface area contributed by atoms with Crippen LogP contribution in [0.25, 0.3) is 0 Å². The molecule has 4 heteroatoms. The van der Waals surface area contributed by atoms with Crippen molar-refractivity contribution in [3.05, 3.63) is 11.6 Å². The van der Waals surface area contributed by atoms with E-state index in [-0.39, 0.29) is 6.10 Å². The van der Waals surface area contributed by atoms with E-state index in [1.165, 1.54) is 0 Å². The minimum atomic E-state index is 0.281. The maximum absolute atomic E-state index is 5.16. The summed E-state index contributed by atoms with van der Waals surface area (Å²) in [5.41, 5.74) is 0. The fourth-order valence-corrected chi connectivity index (χ4v) is 1.25. The summed E-state index contributed by atoms with van der Waals surface area (Å²) in [6.07, 6.45) is 4.22. The second kappa shape index (κ2) is 5.75. The number of aryl methyl sites for hydroxylation is 2. The summed E-state index contributed by atoms with van der Waals surface area (Å²) in [4.78, 5) is 4.38. The zero-order valence-electron chi connectivity index (χ0n) is 9.21. The largest absolute Gasteiger partial charge is 0.382 e. The molecule has 0 aliphatic heterocycles. The van der Waals surface area contributed by atoms with Crippen LogP contribution >= 0.6 is 0 Å². The van der Waals surface area contributed by atoms with Crippen LogP contribution < -0.4 is 0 Å². The van der Waals surface area contributed by atoms with Crippen molar-refractivity contribution in [2.75, 3.05) is 7.11 Å². The van der Waals surface area contributed by atoms with Gasteiger partial charge in [0.25, 0.3) is 0 Å². The van der Waals surface area contributed by atoms with Crippen LogP contribution in [0, 0.1) is 0 Å². The van der Waals surface area contributed by atoms with E-state index in [9.17, 15) is 0 Å². The molecule has 1 aromatic heterocycles. The van der Waals surface area contributed by atoms with Crippen molar-refractivity contribution < 1.29 is 4.74 Å². The summed E-state index contributed by atoms with van der Waals surface area (Å²) in [5.74, 6) is 1.89. The molecule has 0 bridgehead atoms. The van der Waals surface area contributed by atoms with Gasteiger partial charge in [-0.2, -0.15) is 5.10 Å². The molecule has 1 N–H and O–H groups in total. The topological polar surface area (TPSA) is 50.8 Å². The molecule has 0 aliphatic carbocycles. The van der Waals surface area contributed by atoms with Crippen molar-refractivity contribution in [1.82, 2.24) is 15.2 Å². The first-order valence-corrected chi connectivity index (χ1v) is 5.19. The maximum Gasteiger partial charge on any atom is 0.150 e. The van der Waals surface area contributed by atoms with Gasteiger partial charge in [0.1, 0.15) is 5.82 Å². The van der Waals surface area contributed by atoms with Gasteiger partial charge in [-0.1, -0.05) is 6.92 Å². The number of H-pyrrole nitrogens is 1. The predicted octanol–water partition coefficient (Wildman–Crippen LogP) is 1.72. The number of aromatic nitrogens is 3. The Bertz CT molecular complexity index is 260. The van der Waals surface area contributed by atoms with Gasteiger partial charge in [-0.25, -0.2) is 4.98 Å². The van der Waals surface area contributed by atoms with Gasteiger partial charge in [0.15, 0.2) is 5.82 Å². The first-order valence-electron chi connectivity index (χ1n) is 5.19. The van der Waals surface area contributed by atoms with Crippen molar-refractivity contribution in [3.8, 4) is 0 Å². The van der Waals surface area contributed by atoms with Crippen molar-refractivity contribution in [1.29, 1.82) is 0 Å². The summed E-state index contributed by atoms with van der Waals surface area (Å²) in [5, 5.41) is 7.10. The molecule has 0 saturated carbocycles. The fraction of sp³-hybridized carbons (Fsp3) is 0.800. The van der Waals surface area contributed by atoms with Crippen molar-refractivity contribution in [2.45, 2.75) is 45.6 Å². The summed E-state index contributed by atoms with van der Waals surface area (Å²) in [6.45, 7) is 4.19. The second-order valence-electron chi connectivity index (χ2n) is 3.53. The molecule has 0 spiro atoms. The molecular formula is C10H19N3O. The minimum absolute atomic E-state index is 0.281. The molecule has 1 aromatic rings. The van der Waals surface area contributed by atoms with E-state index >= 15 is 0 Å². The van der Waals surface area contributed by atoms with Gasteiger partial charge in [0, 0.05) is 20.0 Å². The Labute approximate surface area is 85.1 Å².